The zero-order valence-electron chi connectivity index (χ0n) is 23.6. The maximum absolute atomic E-state index is 13.3. The summed E-state index contributed by atoms with van der Waals surface area (Å²) >= 11 is 0. The van der Waals surface area contributed by atoms with Crippen LogP contribution in [0, 0.1) is 5.41 Å². The van der Waals surface area contributed by atoms with E-state index in [1.807, 2.05) is 54.6 Å². The molecule has 0 atom stereocenters. The second-order valence-electron chi connectivity index (χ2n) is 11.7. The first kappa shape index (κ1) is 28.4. The molecule has 3 N–H and O–H groups in total. The molecule has 1 heterocycles. The van der Waals surface area contributed by atoms with E-state index in [-0.39, 0.29) is 19.1 Å². The van der Waals surface area contributed by atoms with Crippen molar-refractivity contribution in [3.63, 3.8) is 0 Å². The molecule has 0 spiro atoms. The Kier molecular flexibility index (Phi) is 8.13. The lowest BCUT2D eigenvalue weighted by Gasteiger charge is -2.41. The van der Waals surface area contributed by atoms with Crippen molar-refractivity contribution in [3.05, 3.63) is 95.6 Å². The molecule has 1 fully saturated rings. The molecular formula is C33H37N3O5. The van der Waals surface area contributed by atoms with Crippen molar-refractivity contribution in [1.82, 2.24) is 15.5 Å². The van der Waals surface area contributed by atoms with E-state index >= 15 is 0 Å². The van der Waals surface area contributed by atoms with Gasteiger partial charge in [0.05, 0.1) is 5.41 Å². The van der Waals surface area contributed by atoms with Gasteiger partial charge in [0.15, 0.2) is 0 Å². The molecule has 5 rings (SSSR count). The summed E-state index contributed by atoms with van der Waals surface area (Å²) in [5, 5.41) is 15.6. The number of fused-ring (bicyclic) bond motifs is 3. The number of nitrogens with one attached hydrogen (secondary N) is 2. The van der Waals surface area contributed by atoms with E-state index in [0.717, 1.165) is 28.8 Å². The molecule has 8 heteroatoms. The van der Waals surface area contributed by atoms with Crippen LogP contribution in [0.1, 0.15) is 49.3 Å². The number of nitrogens with zero attached hydrogens (tertiary/aromatic N) is 1. The Morgan fingerprint density at radius 3 is 2.05 bits per heavy atom. The average Bonchev–Trinajstić information content (AvgIpc) is 3.30. The van der Waals surface area contributed by atoms with Gasteiger partial charge in [0, 0.05) is 32.1 Å². The normalized spacial score (nSPS) is 16.3. The Bertz CT molecular complexity index is 1370. The zero-order chi connectivity index (χ0) is 29.0. The van der Waals surface area contributed by atoms with E-state index < -0.39 is 28.9 Å². The third-order valence-electron chi connectivity index (χ3n) is 8.35. The maximum atomic E-state index is 13.3. The first-order valence-electron chi connectivity index (χ1n) is 14.1. The quantitative estimate of drug-likeness (QED) is 0.351. The summed E-state index contributed by atoms with van der Waals surface area (Å²) < 4.78 is 5.60. The summed E-state index contributed by atoms with van der Waals surface area (Å²) in [6.07, 6.45) is -0.0111. The van der Waals surface area contributed by atoms with E-state index in [0.29, 0.717) is 25.9 Å². The van der Waals surface area contributed by atoms with E-state index in [2.05, 4.69) is 39.8 Å². The van der Waals surface area contributed by atoms with Crippen molar-refractivity contribution in [1.29, 1.82) is 0 Å². The lowest BCUT2D eigenvalue weighted by molar-refractivity contribution is -0.151. The van der Waals surface area contributed by atoms with Crippen LogP contribution < -0.4 is 10.6 Å². The van der Waals surface area contributed by atoms with Crippen LogP contribution in [0.2, 0.25) is 0 Å². The molecule has 0 saturated carbocycles. The predicted octanol–water partition coefficient (Wildman–Crippen LogP) is 4.79. The van der Waals surface area contributed by atoms with Crippen LogP contribution in [0.3, 0.4) is 0 Å². The second kappa shape index (κ2) is 11.7. The zero-order valence-corrected chi connectivity index (χ0v) is 23.6. The lowest BCUT2D eigenvalue weighted by Crippen LogP contribution is -2.62. The van der Waals surface area contributed by atoms with E-state index in [1.165, 1.54) is 5.56 Å². The van der Waals surface area contributed by atoms with Crippen molar-refractivity contribution in [2.45, 2.75) is 44.7 Å². The van der Waals surface area contributed by atoms with Crippen LogP contribution in [0.4, 0.5) is 4.79 Å². The van der Waals surface area contributed by atoms with Gasteiger partial charge in [0.25, 0.3) is 0 Å². The van der Waals surface area contributed by atoms with Crippen molar-refractivity contribution >= 4 is 18.0 Å². The molecule has 3 aromatic carbocycles. The smallest absolute Gasteiger partial charge is 0.407 e. The Balaban J connectivity index is 1.14. The number of likely N-dealkylation sites (tertiary alicyclic amines) is 1. The van der Waals surface area contributed by atoms with Gasteiger partial charge in [0.2, 0.25) is 5.91 Å². The lowest BCUT2D eigenvalue weighted by atomic mass is 9.84. The summed E-state index contributed by atoms with van der Waals surface area (Å²) in [5.41, 5.74) is 3.31. The number of alkyl carbamates (subject to hydrolysis) is 1. The van der Waals surface area contributed by atoms with Crippen LogP contribution >= 0.6 is 0 Å². The molecule has 2 amide bonds. The highest BCUT2D eigenvalue weighted by Crippen LogP contribution is 2.44. The highest BCUT2D eigenvalue weighted by molar-refractivity contribution is 5.90. The van der Waals surface area contributed by atoms with Gasteiger partial charge in [-0.05, 0) is 54.5 Å². The number of carboxylic acids is 1. The van der Waals surface area contributed by atoms with Crippen LogP contribution in [0.5, 0.6) is 0 Å². The number of amides is 2. The highest BCUT2D eigenvalue weighted by atomic mass is 16.5. The Morgan fingerprint density at radius 2 is 1.46 bits per heavy atom. The average molecular weight is 556 g/mol. The van der Waals surface area contributed by atoms with Gasteiger partial charge >= 0.3 is 12.1 Å². The molecule has 0 unspecified atom stereocenters. The number of hydrogen-bond acceptors (Lipinski definition) is 5. The van der Waals surface area contributed by atoms with Crippen molar-refractivity contribution in [2.75, 3.05) is 26.2 Å². The summed E-state index contributed by atoms with van der Waals surface area (Å²) in [7, 11) is 0. The molecule has 0 bridgehead atoms. The molecule has 1 saturated heterocycles. The number of benzene rings is 3. The maximum Gasteiger partial charge on any atom is 0.407 e. The SMILES string of the molecule is CC(C)(CNC(=O)OCC1c2ccccc2-c2ccccc21)C(=O)NC1(C(=O)O)CCN(Cc2ccccc2)CC1. The van der Waals surface area contributed by atoms with Crippen molar-refractivity contribution in [2.24, 2.45) is 5.41 Å². The summed E-state index contributed by atoms with van der Waals surface area (Å²) in [5.74, 6) is -1.52. The number of piperidine rings is 1. The minimum Gasteiger partial charge on any atom is -0.480 e. The second-order valence-corrected chi connectivity index (χ2v) is 11.7. The van der Waals surface area contributed by atoms with E-state index in [4.69, 9.17) is 4.74 Å². The number of carbonyl (C=O) groups excluding carboxylic acids is 2. The molecule has 8 nitrogen and oxygen atoms in total. The number of rotatable bonds is 9. The van der Waals surface area contributed by atoms with Gasteiger partial charge in [-0.2, -0.15) is 0 Å². The molecule has 0 aromatic heterocycles. The van der Waals surface area contributed by atoms with Crippen LogP contribution in [-0.2, 0) is 20.9 Å². The summed E-state index contributed by atoms with van der Waals surface area (Å²) in [4.78, 5) is 40.5. The fraction of sp³-hybridized carbons (Fsp3) is 0.364. The van der Waals surface area contributed by atoms with E-state index in [1.54, 1.807) is 13.8 Å². The summed E-state index contributed by atoms with van der Waals surface area (Å²) in [6.45, 7) is 5.40. The molecule has 1 aliphatic heterocycles. The number of hydrogen-bond donors (Lipinski definition) is 3. The minimum absolute atomic E-state index is 0.00530. The number of carboxylic acid groups (broad SMARTS) is 1. The van der Waals surface area contributed by atoms with Gasteiger partial charge in [0.1, 0.15) is 12.1 Å². The van der Waals surface area contributed by atoms with Gasteiger partial charge in [-0.3, -0.25) is 9.69 Å². The number of ether oxygens (including phenoxy) is 1. The summed E-state index contributed by atoms with van der Waals surface area (Å²) in [6, 6.07) is 26.3. The van der Waals surface area contributed by atoms with Gasteiger partial charge in [-0.15, -0.1) is 0 Å². The van der Waals surface area contributed by atoms with Gasteiger partial charge in [-0.1, -0.05) is 78.9 Å². The first-order valence-corrected chi connectivity index (χ1v) is 14.1. The topological polar surface area (TPSA) is 108 Å². The largest absolute Gasteiger partial charge is 0.480 e. The fourth-order valence-corrected chi connectivity index (χ4v) is 5.74. The fourth-order valence-electron chi connectivity index (χ4n) is 5.74. The number of aliphatic carboxylic acids is 1. The minimum atomic E-state index is -1.34. The molecule has 2 aliphatic rings. The Hall–Kier alpha value is -4.17. The highest BCUT2D eigenvalue weighted by Gasteiger charge is 2.45. The third kappa shape index (κ3) is 6.12. The molecule has 0 radical (unpaired) electrons. The molecule has 214 valence electrons. The Morgan fingerprint density at radius 1 is 0.902 bits per heavy atom. The Labute approximate surface area is 240 Å². The third-order valence-corrected chi connectivity index (χ3v) is 8.35. The van der Waals surface area contributed by atoms with Crippen LogP contribution in [0.25, 0.3) is 11.1 Å². The number of carbonyl (C=O) groups is 3. The van der Waals surface area contributed by atoms with Gasteiger partial charge < -0.3 is 20.5 Å². The van der Waals surface area contributed by atoms with Gasteiger partial charge in [-0.25, -0.2) is 9.59 Å². The molecule has 41 heavy (non-hydrogen) atoms. The monoisotopic (exact) mass is 555 g/mol. The standard InChI is InChI=1S/C33H37N3O5/c1-32(2,29(37)35-33(30(38)39)16-18-36(19-17-33)20-23-10-4-3-5-11-23)22-34-31(40)41-21-28-26-14-8-6-12-24(26)25-13-7-9-15-27(25)28/h3-15,28H,16-22H2,1-2H3,(H,34,40)(H,35,37)(H,38,39). The molecule has 3 aromatic rings. The predicted molar refractivity (Wildman–Crippen MR) is 156 cm³/mol. The molecular weight excluding hydrogens is 518 g/mol. The van der Waals surface area contributed by atoms with E-state index in [9.17, 15) is 19.5 Å². The molecule has 1 aliphatic carbocycles. The van der Waals surface area contributed by atoms with Crippen LogP contribution in [-0.4, -0.2) is 59.8 Å². The van der Waals surface area contributed by atoms with Crippen molar-refractivity contribution < 1.29 is 24.2 Å². The van der Waals surface area contributed by atoms with Crippen molar-refractivity contribution in [3.8, 4) is 11.1 Å². The first-order chi connectivity index (χ1) is 19.7. The van der Waals surface area contributed by atoms with Crippen LogP contribution in [0.15, 0.2) is 78.9 Å².